The van der Waals surface area contributed by atoms with Crippen LogP contribution in [0.25, 0.3) is 11.1 Å². The van der Waals surface area contributed by atoms with Crippen LogP contribution in [0.1, 0.15) is 109 Å². The number of carbonyl (C=O) groups is 7. The summed E-state index contributed by atoms with van der Waals surface area (Å²) in [6.07, 6.45) is 6.51. The molecule has 0 bridgehead atoms. The second-order valence-corrected chi connectivity index (χ2v) is 17.5. The van der Waals surface area contributed by atoms with E-state index in [1.807, 2.05) is 51.1 Å². The Labute approximate surface area is 399 Å². The Morgan fingerprint density at radius 3 is 1.53 bits per heavy atom. The van der Waals surface area contributed by atoms with Crippen molar-refractivity contribution in [1.29, 1.82) is 0 Å². The van der Waals surface area contributed by atoms with Gasteiger partial charge in [-0.3, -0.25) is 33.6 Å². The van der Waals surface area contributed by atoms with Crippen LogP contribution in [-0.4, -0.2) is 96.0 Å². The van der Waals surface area contributed by atoms with Gasteiger partial charge < -0.3 is 42.6 Å². The summed E-state index contributed by atoms with van der Waals surface area (Å²) >= 11 is 0. The Hall–Kier alpha value is -6.29. The molecule has 68 heavy (non-hydrogen) atoms. The van der Waals surface area contributed by atoms with Crippen LogP contribution in [0.3, 0.4) is 0 Å². The van der Waals surface area contributed by atoms with Gasteiger partial charge in [-0.1, -0.05) is 102 Å². The SMILES string of the molecule is CCCCCCCCc1ccc(COc2ccc(-c3ccc(OCC(COC(=O)CC(=O)OC)(COC(=O)CC(=O)OC)COC(=O)CC(=O)OC)c(COCCC(=O)C(C)(C)C)c3)cc2)cc1. The predicted molar refractivity (Wildman–Crippen MR) is 249 cm³/mol. The lowest BCUT2D eigenvalue weighted by atomic mass is 9.89. The van der Waals surface area contributed by atoms with Gasteiger partial charge >= 0.3 is 35.8 Å². The second-order valence-electron chi connectivity index (χ2n) is 17.5. The maximum Gasteiger partial charge on any atom is 0.317 e. The number of esters is 6. The molecule has 16 nitrogen and oxygen atoms in total. The van der Waals surface area contributed by atoms with Crippen LogP contribution in [0.2, 0.25) is 0 Å². The van der Waals surface area contributed by atoms with Gasteiger partial charge in [-0.2, -0.15) is 0 Å². The molecule has 16 heteroatoms. The van der Waals surface area contributed by atoms with Crippen molar-refractivity contribution in [2.24, 2.45) is 10.8 Å². The van der Waals surface area contributed by atoms with Gasteiger partial charge in [0.2, 0.25) is 0 Å². The molecular formula is C52H68O16. The number of methoxy groups -OCH3 is 3. The molecule has 0 aliphatic rings. The summed E-state index contributed by atoms with van der Waals surface area (Å²) in [6, 6.07) is 21.4. The van der Waals surface area contributed by atoms with Crippen LogP contribution < -0.4 is 9.47 Å². The first-order valence-electron chi connectivity index (χ1n) is 22.8. The van der Waals surface area contributed by atoms with Crippen molar-refractivity contribution in [2.75, 3.05) is 54.4 Å². The van der Waals surface area contributed by atoms with Crippen LogP contribution in [0, 0.1) is 10.8 Å². The van der Waals surface area contributed by atoms with E-state index in [1.54, 1.807) is 12.1 Å². The van der Waals surface area contributed by atoms with E-state index >= 15 is 0 Å². The lowest BCUT2D eigenvalue weighted by Crippen LogP contribution is -2.44. The summed E-state index contributed by atoms with van der Waals surface area (Å²) in [5, 5.41) is 0. The molecule has 0 aliphatic carbocycles. The van der Waals surface area contributed by atoms with Crippen molar-refractivity contribution < 1.29 is 76.2 Å². The van der Waals surface area contributed by atoms with E-state index in [4.69, 9.17) is 28.4 Å². The minimum absolute atomic E-state index is 0.0110. The first kappa shape index (κ1) is 56.0. The Morgan fingerprint density at radius 2 is 1.01 bits per heavy atom. The van der Waals surface area contributed by atoms with Gasteiger partial charge in [-0.05, 0) is 59.4 Å². The largest absolute Gasteiger partial charge is 0.492 e. The molecular weight excluding hydrogens is 881 g/mol. The standard InChI is InChI=1S/C52H68O16/c1-8-9-10-11-12-13-14-37-15-17-38(18-16-37)31-64-42-22-19-39(20-23-42)40-21-24-43(41(27-40)32-63-26-25-44(53)51(2,3)4)65-33-52(34-66-48(57)28-45(54)60-5,35-67-49(58)29-46(55)61-6)36-68-50(59)30-47(56)62-7/h15-24,27H,8-14,25-26,28-36H2,1-7H3. The summed E-state index contributed by atoms with van der Waals surface area (Å²) in [7, 11) is 3.27. The average Bonchev–Trinajstić information content (AvgIpc) is 3.32. The molecule has 0 N–H and O–H groups in total. The minimum atomic E-state index is -1.69. The molecule has 0 amide bonds. The minimum Gasteiger partial charge on any atom is -0.492 e. The number of ketones is 1. The molecule has 3 aromatic rings. The third-order valence-electron chi connectivity index (χ3n) is 10.8. The summed E-state index contributed by atoms with van der Waals surface area (Å²) in [5.41, 5.74) is 2.29. The Morgan fingerprint density at radius 1 is 0.515 bits per heavy atom. The molecule has 0 saturated carbocycles. The summed E-state index contributed by atoms with van der Waals surface area (Å²) in [5.74, 6) is -4.76. The van der Waals surface area contributed by atoms with Gasteiger partial charge in [0.25, 0.3) is 0 Å². The highest BCUT2D eigenvalue weighted by molar-refractivity contribution is 5.92. The number of hydrogen-bond donors (Lipinski definition) is 0. The van der Waals surface area contributed by atoms with E-state index in [0.717, 1.165) is 44.4 Å². The predicted octanol–water partition coefficient (Wildman–Crippen LogP) is 8.04. The van der Waals surface area contributed by atoms with Crippen molar-refractivity contribution in [2.45, 2.75) is 112 Å². The van der Waals surface area contributed by atoms with Crippen molar-refractivity contribution in [3.63, 3.8) is 0 Å². The van der Waals surface area contributed by atoms with Crippen molar-refractivity contribution in [3.8, 4) is 22.6 Å². The number of ether oxygens (including phenoxy) is 9. The molecule has 372 valence electrons. The van der Waals surface area contributed by atoms with Gasteiger partial charge in [0, 0.05) is 17.4 Å². The third-order valence-corrected chi connectivity index (χ3v) is 10.8. The number of aryl methyl sites for hydroxylation is 1. The molecule has 0 heterocycles. The molecule has 0 spiro atoms. The normalized spacial score (nSPS) is 11.2. The van der Waals surface area contributed by atoms with E-state index in [1.165, 1.54) is 44.1 Å². The molecule has 0 radical (unpaired) electrons. The highest BCUT2D eigenvalue weighted by atomic mass is 16.6. The topological polar surface area (TPSA) is 203 Å². The van der Waals surface area contributed by atoms with Crippen LogP contribution in [0.15, 0.2) is 66.7 Å². The van der Waals surface area contributed by atoms with Gasteiger partial charge in [0.1, 0.15) is 75.0 Å². The highest BCUT2D eigenvalue weighted by Crippen LogP contribution is 2.32. The number of rotatable bonds is 31. The quantitative estimate of drug-likeness (QED) is 0.0259. The summed E-state index contributed by atoms with van der Waals surface area (Å²) in [6.45, 7) is 5.83. The van der Waals surface area contributed by atoms with Crippen LogP contribution in [-0.2, 0) is 86.4 Å². The second kappa shape index (κ2) is 29.5. The average molecular weight is 949 g/mol. The molecule has 0 aromatic heterocycles. The third kappa shape index (κ3) is 21.1. The number of Topliss-reactive ketones (excluding diaryl/α,β-unsaturated/α-hetero) is 1. The lowest BCUT2D eigenvalue weighted by Gasteiger charge is -2.32. The lowest BCUT2D eigenvalue weighted by molar-refractivity contribution is -0.167. The molecule has 0 unspecified atom stereocenters. The maximum atomic E-state index is 12.7. The summed E-state index contributed by atoms with van der Waals surface area (Å²) < 4.78 is 48.4. The number of carbonyl (C=O) groups excluding carboxylic acids is 7. The van der Waals surface area contributed by atoms with Crippen molar-refractivity contribution >= 4 is 41.6 Å². The van der Waals surface area contributed by atoms with Crippen LogP contribution in [0.4, 0.5) is 0 Å². The number of unbranched alkanes of at least 4 members (excludes halogenated alkanes) is 5. The van der Waals surface area contributed by atoms with Crippen molar-refractivity contribution in [1.82, 2.24) is 0 Å². The fourth-order valence-corrected chi connectivity index (χ4v) is 6.46. The molecule has 0 atom stereocenters. The fraction of sp³-hybridized carbons (Fsp3) is 0.519. The Bertz CT molecular complexity index is 2000. The number of hydrogen-bond acceptors (Lipinski definition) is 16. The van der Waals surface area contributed by atoms with E-state index in [9.17, 15) is 33.6 Å². The van der Waals surface area contributed by atoms with Gasteiger partial charge in [0.05, 0.1) is 34.5 Å². The van der Waals surface area contributed by atoms with Crippen LogP contribution >= 0.6 is 0 Å². The monoisotopic (exact) mass is 948 g/mol. The Balaban J connectivity index is 1.89. The zero-order chi connectivity index (χ0) is 50.0. The molecule has 0 saturated heterocycles. The van der Waals surface area contributed by atoms with Crippen LogP contribution in [0.5, 0.6) is 11.5 Å². The van der Waals surface area contributed by atoms with Gasteiger partial charge in [-0.25, -0.2) is 0 Å². The van der Waals surface area contributed by atoms with Gasteiger partial charge in [-0.15, -0.1) is 0 Å². The van der Waals surface area contributed by atoms with Gasteiger partial charge in [0.15, 0.2) is 0 Å². The summed E-state index contributed by atoms with van der Waals surface area (Å²) in [4.78, 5) is 86.4. The smallest absolute Gasteiger partial charge is 0.317 e. The fourth-order valence-electron chi connectivity index (χ4n) is 6.46. The van der Waals surface area contributed by atoms with Crippen molar-refractivity contribution in [3.05, 3.63) is 83.4 Å². The molecule has 0 aliphatic heterocycles. The first-order valence-corrected chi connectivity index (χ1v) is 22.8. The molecule has 0 fully saturated rings. The zero-order valence-corrected chi connectivity index (χ0v) is 40.6. The maximum absolute atomic E-state index is 12.7. The Kier molecular flexibility index (Phi) is 24.3. The van der Waals surface area contributed by atoms with E-state index < -0.39 is 92.3 Å². The first-order chi connectivity index (χ1) is 32.5. The number of benzene rings is 3. The molecule has 3 rings (SSSR count). The molecule has 3 aromatic carbocycles. The highest BCUT2D eigenvalue weighted by Gasteiger charge is 2.38. The van der Waals surface area contributed by atoms with E-state index in [2.05, 4.69) is 45.4 Å². The van der Waals surface area contributed by atoms with E-state index in [-0.39, 0.29) is 31.2 Å². The zero-order valence-electron chi connectivity index (χ0n) is 40.6. The van der Waals surface area contributed by atoms with E-state index in [0.29, 0.717) is 17.9 Å².